The molecule has 0 amide bonds. The van der Waals surface area contributed by atoms with Gasteiger partial charge in [-0.3, -0.25) is 0 Å². The second-order valence-corrected chi connectivity index (χ2v) is 10.9. The van der Waals surface area contributed by atoms with E-state index in [4.69, 9.17) is 18.9 Å². The van der Waals surface area contributed by atoms with E-state index in [-0.39, 0.29) is 10.8 Å². The van der Waals surface area contributed by atoms with Gasteiger partial charge >= 0.3 is 0 Å². The molecule has 36 heavy (non-hydrogen) atoms. The SMILES string of the molecule is CC1(C2(c3ccc(O/C=C4/CO4)cc3)c3ccccc3-c3ccccc32)CCC(OCC2CO2)CC1. The third-order valence-electron chi connectivity index (χ3n) is 8.74. The average molecular weight is 481 g/mol. The summed E-state index contributed by atoms with van der Waals surface area (Å²) < 4.78 is 22.6. The number of fused-ring (bicyclic) bond motifs is 3. The van der Waals surface area contributed by atoms with Crippen LogP contribution in [0.3, 0.4) is 0 Å². The van der Waals surface area contributed by atoms with Crippen LogP contribution in [-0.4, -0.2) is 32.0 Å². The smallest absolute Gasteiger partial charge is 0.169 e. The molecule has 2 saturated heterocycles. The van der Waals surface area contributed by atoms with Crippen molar-refractivity contribution in [2.24, 2.45) is 5.41 Å². The van der Waals surface area contributed by atoms with Crippen LogP contribution in [0.25, 0.3) is 11.1 Å². The molecular weight excluding hydrogens is 448 g/mol. The third-order valence-corrected chi connectivity index (χ3v) is 8.74. The van der Waals surface area contributed by atoms with Crippen molar-refractivity contribution in [2.75, 3.05) is 19.8 Å². The lowest BCUT2D eigenvalue weighted by molar-refractivity contribution is -0.0167. The maximum atomic E-state index is 6.25. The minimum absolute atomic E-state index is 0.0395. The predicted molar refractivity (Wildman–Crippen MR) is 139 cm³/mol. The molecule has 3 aromatic carbocycles. The fraction of sp³-hybridized carbons (Fsp3) is 0.375. The maximum absolute atomic E-state index is 6.25. The summed E-state index contributed by atoms with van der Waals surface area (Å²) in [5, 5.41) is 0. The highest BCUT2D eigenvalue weighted by molar-refractivity contribution is 5.84. The van der Waals surface area contributed by atoms with Crippen molar-refractivity contribution in [3.8, 4) is 16.9 Å². The minimum Gasteiger partial charge on any atom is -0.483 e. The van der Waals surface area contributed by atoms with Crippen LogP contribution < -0.4 is 4.74 Å². The summed E-state index contributed by atoms with van der Waals surface area (Å²) in [5.74, 6) is 1.73. The Morgan fingerprint density at radius 3 is 2.08 bits per heavy atom. The lowest BCUT2D eigenvalue weighted by Crippen LogP contribution is -2.47. The number of ether oxygens (including phenoxy) is 4. The molecule has 4 aliphatic rings. The van der Waals surface area contributed by atoms with Crippen LogP contribution in [0, 0.1) is 5.41 Å². The summed E-state index contributed by atoms with van der Waals surface area (Å²) in [6.45, 7) is 4.77. The normalized spacial score (nSPS) is 28.2. The summed E-state index contributed by atoms with van der Waals surface area (Å²) in [5.41, 5.74) is 6.68. The Kier molecular flexibility index (Phi) is 5.23. The second kappa shape index (κ2) is 8.50. The molecule has 7 rings (SSSR count). The van der Waals surface area contributed by atoms with Gasteiger partial charge in [0.25, 0.3) is 0 Å². The minimum atomic E-state index is -0.235. The fourth-order valence-corrected chi connectivity index (χ4v) is 6.75. The van der Waals surface area contributed by atoms with Crippen LogP contribution in [0.2, 0.25) is 0 Å². The number of hydrogen-bond acceptors (Lipinski definition) is 4. The molecule has 2 aliphatic carbocycles. The summed E-state index contributed by atoms with van der Waals surface area (Å²) in [6.07, 6.45) is 6.70. The molecular formula is C32H32O4. The summed E-state index contributed by atoms with van der Waals surface area (Å²) in [6, 6.07) is 26.8. The maximum Gasteiger partial charge on any atom is 0.169 e. The van der Waals surface area contributed by atoms with E-state index in [2.05, 4.69) is 79.7 Å². The first kappa shape index (κ1) is 22.1. The first-order valence-electron chi connectivity index (χ1n) is 13.2. The lowest BCUT2D eigenvalue weighted by Gasteiger charge is -2.52. The molecule has 0 radical (unpaired) electrons. The van der Waals surface area contributed by atoms with Crippen LogP contribution in [0.4, 0.5) is 0 Å². The van der Waals surface area contributed by atoms with Crippen molar-refractivity contribution >= 4 is 0 Å². The van der Waals surface area contributed by atoms with Gasteiger partial charge in [0.05, 0.1) is 24.7 Å². The molecule has 0 bridgehead atoms. The molecule has 2 aliphatic heterocycles. The molecule has 3 aromatic rings. The van der Waals surface area contributed by atoms with E-state index in [0.29, 0.717) is 18.8 Å². The second-order valence-electron chi connectivity index (χ2n) is 10.9. The molecule has 2 heterocycles. The van der Waals surface area contributed by atoms with Crippen LogP contribution in [0.1, 0.15) is 49.3 Å². The summed E-state index contributed by atoms with van der Waals surface area (Å²) in [4.78, 5) is 0. The molecule has 1 saturated carbocycles. The third kappa shape index (κ3) is 3.58. The lowest BCUT2D eigenvalue weighted by atomic mass is 9.51. The Labute approximate surface area is 212 Å². The number of rotatable bonds is 7. The zero-order valence-electron chi connectivity index (χ0n) is 20.7. The molecule has 0 aromatic heterocycles. The van der Waals surface area contributed by atoms with Gasteiger partial charge in [-0.1, -0.05) is 67.6 Å². The van der Waals surface area contributed by atoms with Crippen molar-refractivity contribution in [3.63, 3.8) is 0 Å². The van der Waals surface area contributed by atoms with E-state index in [1.165, 1.54) is 27.8 Å². The Hall–Kier alpha value is -3.08. The van der Waals surface area contributed by atoms with Gasteiger partial charge in [-0.05, 0) is 71.0 Å². The molecule has 4 heteroatoms. The van der Waals surface area contributed by atoms with Crippen LogP contribution in [-0.2, 0) is 19.6 Å². The van der Waals surface area contributed by atoms with E-state index >= 15 is 0 Å². The van der Waals surface area contributed by atoms with Crippen LogP contribution in [0.15, 0.2) is 84.8 Å². The summed E-state index contributed by atoms with van der Waals surface area (Å²) >= 11 is 0. The fourth-order valence-electron chi connectivity index (χ4n) is 6.75. The number of hydrogen-bond donors (Lipinski definition) is 0. The van der Waals surface area contributed by atoms with Crippen molar-refractivity contribution in [1.82, 2.24) is 0 Å². The molecule has 1 atom stereocenters. The highest BCUT2D eigenvalue weighted by atomic mass is 16.6. The van der Waals surface area contributed by atoms with Gasteiger partial charge in [0, 0.05) is 0 Å². The van der Waals surface area contributed by atoms with Crippen molar-refractivity contribution in [1.29, 1.82) is 0 Å². The molecule has 1 unspecified atom stereocenters. The van der Waals surface area contributed by atoms with Gasteiger partial charge in [0.2, 0.25) is 0 Å². The van der Waals surface area contributed by atoms with Crippen molar-refractivity contribution < 1.29 is 18.9 Å². The van der Waals surface area contributed by atoms with Gasteiger partial charge < -0.3 is 18.9 Å². The van der Waals surface area contributed by atoms with Gasteiger partial charge in [-0.2, -0.15) is 0 Å². The van der Waals surface area contributed by atoms with Gasteiger partial charge in [-0.15, -0.1) is 0 Å². The van der Waals surface area contributed by atoms with Gasteiger partial charge in [0.15, 0.2) is 5.76 Å². The predicted octanol–water partition coefficient (Wildman–Crippen LogP) is 6.62. The Bertz CT molecular complexity index is 1240. The Morgan fingerprint density at radius 1 is 0.889 bits per heavy atom. The molecule has 0 spiro atoms. The first-order chi connectivity index (χ1) is 17.7. The zero-order valence-corrected chi connectivity index (χ0v) is 20.7. The van der Waals surface area contributed by atoms with Gasteiger partial charge in [-0.25, -0.2) is 0 Å². The monoisotopic (exact) mass is 480 g/mol. The zero-order chi connectivity index (χ0) is 24.2. The van der Waals surface area contributed by atoms with E-state index < -0.39 is 0 Å². The molecule has 0 N–H and O–H groups in total. The van der Waals surface area contributed by atoms with Crippen LogP contribution >= 0.6 is 0 Å². The largest absolute Gasteiger partial charge is 0.483 e. The quantitative estimate of drug-likeness (QED) is 0.282. The number of benzene rings is 3. The van der Waals surface area contributed by atoms with Crippen molar-refractivity contribution in [3.05, 3.63) is 102 Å². The highest BCUT2D eigenvalue weighted by Crippen LogP contribution is 2.64. The Morgan fingerprint density at radius 2 is 1.50 bits per heavy atom. The first-order valence-corrected chi connectivity index (χ1v) is 13.2. The molecule has 184 valence electrons. The van der Waals surface area contributed by atoms with E-state index in [1.807, 2.05) is 0 Å². The van der Waals surface area contributed by atoms with E-state index in [0.717, 1.165) is 50.4 Å². The van der Waals surface area contributed by atoms with Gasteiger partial charge in [0.1, 0.15) is 24.7 Å². The highest BCUT2D eigenvalue weighted by Gasteiger charge is 2.57. The molecule has 4 nitrogen and oxygen atoms in total. The topological polar surface area (TPSA) is 43.5 Å². The van der Waals surface area contributed by atoms with E-state index in [9.17, 15) is 0 Å². The average Bonchev–Trinajstić information content (AvgIpc) is 3.85. The standard InChI is InChI=1S/C32H32O4/c1-31(16-14-24(15-17-31)34-19-26-21-36-26)32(22-10-12-23(13-11-22)33-18-25-20-35-25)29-8-4-2-6-27(29)28-7-3-5-9-30(28)32/h2-13,18,24,26H,14-17,19-21H2,1H3/b25-18-. The van der Waals surface area contributed by atoms with Crippen molar-refractivity contribution in [2.45, 2.75) is 50.2 Å². The van der Waals surface area contributed by atoms with E-state index in [1.54, 1.807) is 6.26 Å². The number of epoxide rings is 2. The Balaban J connectivity index is 1.32. The molecule has 3 fully saturated rings. The van der Waals surface area contributed by atoms with Crippen LogP contribution in [0.5, 0.6) is 5.75 Å². The summed E-state index contributed by atoms with van der Waals surface area (Å²) in [7, 11) is 0.